The first kappa shape index (κ1) is 16.2. The highest BCUT2D eigenvalue weighted by Crippen LogP contribution is 2.16. The number of piperidine rings is 1. The topological polar surface area (TPSA) is 67.4 Å². The number of hydrogen-bond acceptors (Lipinski definition) is 4. The molecule has 0 aromatic heterocycles. The largest absolute Gasteiger partial charge is 0.497 e. The van der Waals surface area contributed by atoms with Gasteiger partial charge in [-0.2, -0.15) is 0 Å². The number of sulfonamides is 1. The van der Waals surface area contributed by atoms with Crippen LogP contribution in [-0.2, 0) is 10.0 Å². The first-order chi connectivity index (χ1) is 8.62. The Morgan fingerprint density at radius 3 is 2.53 bits per heavy atom. The fraction of sp³-hybridized carbons (Fsp3) is 0.500. The van der Waals surface area contributed by atoms with Crippen molar-refractivity contribution in [1.29, 1.82) is 0 Å². The van der Waals surface area contributed by atoms with Crippen molar-refractivity contribution in [2.24, 2.45) is 0 Å². The van der Waals surface area contributed by atoms with Crippen LogP contribution in [0.4, 0.5) is 0 Å². The van der Waals surface area contributed by atoms with Crippen LogP contribution in [0.5, 0.6) is 5.75 Å². The van der Waals surface area contributed by atoms with Crippen molar-refractivity contribution in [1.82, 2.24) is 10.0 Å². The number of rotatable bonds is 4. The molecule has 1 aliphatic rings. The molecule has 0 amide bonds. The van der Waals surface area contributed by atoms with Gasteiger partial charge in [0.1, 0.15) is 5.75 Å². The fourth-order valence-electron chi connectivity index (χ4n) is 1.99. The van der Waals surface area contributed by atoms with Crippen molar-refractivity contribution < 1.29 is 13.2 Å². The van der Waals surface area contributed by atoms with Crippen LogP contribution in [0.25, 0.3) is 0 Å². The fourth-order valence-corrected chi connectivity index (χ4v) is 3.27. The summed E-state index contributed by atoms with van der Waals surface area (Å²) < 4.78 is 32.0. The van der Waals surface area contributed by atoms with E-state index in [1.807, 2.05) is 0 Å². The molecular weight excluding hydrogens is 288 g/mol. The SMILES string of the molecule is COc1ccc(S(=O)(=O)NC2CCCNC2)cc1.Cl. The highest BCUT2D eigenvalue weighted by atomic mass is 35.5. The third-order valence-electron chi connectivity index (χ3n) is 2.99. The molecule has 1 aliphatic heterocycles. The first-order valence-corrected chi connectivity index (χ1v) is 7.47. The molecule has 1 saturated heterocycles. The molecule has 2 rings (SSSR count). The lowest BCUT2D eigenvalue weighted by molar-refractivity contribution is 0.414. The van der Waals surface area contributed by atoms with E-state index in [2.05, 4.69) is 10.0 Å². The van der Waals surface area contributed by atoms with E-state index < -0.39 is 10.0 Å². The molecule has 19 heavy (non-hydrogen) atoms. The summed E-state index contributed by atoms with van der Waals surface area (Å²) in [4.78, 5) is 0.272. The lowest BCUT2D eigenvalue weighted by Gasteiger charge is -2.23. The quantitative estimate of drug-likeness (QED) is 0.875. The van der Waals surface area contributed by atoms with Gasteiger partial charge in [0.05, 0.1) is 12.0 Å². The average molecular weight is 307 g/mol. The van der Waals surface area contributed by atoms with Crippen molar-refractivity contribution in [3.63, 3.8) is 0 Å². The summed E-state index contributed by atoms with van der Waals surface area (Å²) in [6, 6.07) is 6.38. The van der Waals surface area contributed by atoms with Gasteiger partial charge in [-0.05, 0) is 43.7 Å². The number of ether oxygens (including phenoxy) is 1. The number of halogens is 1. The van der Waals surface area contributed by atoms with E-state index in [9.17, 15) is 8.42 Å². The predicted octanol–water partition coefficient (Wildman–Crippen LogP) is 1.15. The van der Waals surface area contributed by atoms with Crippen LogP contribution in [0.2, 0.25) is 0 Å². The van der Waals surface area contributed by atoms with E-state index in [0.29, 0.717) is 12.3 Å². The molecule has 1 unspecified atom stereocenters. The van der Waals surface area contributed by atoms with Crippen LogP contribution in [0.3, 0.4) is 0 Å². The van der Waals surface area contributed by atoms with Crippen LogP contribution in [0.15, 0.2) is 29.2 Å². The maximum absolute atomic E-state index is 12.1. The lowest BCUT2D eigenvalue weighted by atomic mass is 10.1. The van der Waals surface area contributed by atoms with Gasteiger partial charge >= 0.3 is 0 Å². The molecule has 1 heterocycles. The van der Waals surface area contributed by atoms with E-state index in [1.165, 1.54) is 0 Å². The van der Waals surface area contributed by atoms with Crippen molar-refractivity contribution in [2.75, 3.05) is 20.2 Å². The van der Waals surface area contributed by atoms with E-state index in [0.717, 1.165) is 19.4 Å². The normalized spacial score (nSPS) is 19.5. The molecule has 7 heteroatoms. The smallest absolute Gasteiger partial charge is 0.240 e. The van der Waals surface area contributed by atoms with Crippen molar-refractivity contribution in [3.8, 4) is 5.75 Å². The van der Waals surface area contributed by atoms with Gasteiger partial charge in [0.25, 0.3) is 0 Å². The van der Waals surface area contributed by atoms with Gasteiger partial charge in [-0.15, -0.1) is 12.4 Å². The maximum Gasteiger partial charge on any atom is 0.240 e. The molecule has 0 spiro atoms. The van der Waals surface area contributed by atoms with Crippen molar-refractivity contribution >= 4 is 22.4 Å². The third kappa shape index (κ3) is 4.35. The summed E-state index contributed by atoms with van der Waals surface area (Å²) in [5.74, 6) is 0.647. The Morgan fingerprint density at radius 2 is 2.00 bits per heavy atom. The van der Waals surface area contributed by atoms with E-state index >= 15 is 0 Å². The number of hydrogen-bond donors (Lipinski definition) is 2. The highest BCUT2D eigenvalue weighted by Gasteiger charge is 2.21. The van der Waals surface area contributed by atoms with Crippen LogP contribution < -0.4 is 14.8 Å². The minimum Gasteiger partial charge on any atom is -0.497 e. The second-order valence-electron chi connectivity index (χ2n) is 4.34. The first-order valence-electron chi connectivity index (χ1n) is 5.99. The summed E-state index contributed by atoms with van der Waals surface area (Å²) in [7, 11) is -1.88. The van der Waals surface area contributed by atoms with Crippen molar-refractivity contribution in [2.45, 2.75) is 23.8 Å². The Kier molecular flexibility index (Phi) is 6.06. The highest BCUT2D eigenvalue weighted by molar-refractivity contribution is 7.89. The predicted molar refractivity (Wildman–Crippen MR) is 76.5 cm³/mol. The van der Waals surface area contributed by atoms with Crippen LogP contribution >= 0.6 is 12.4 Å². The molecular formula is C12H19ClN2O3S. The van der Waals surface area contributed by atoms with Gasteiger partial charge in [-0.1, -0.05) is 0 Å². The Balaban J connectivity index is 0.00000180. The Hall–Kier alpha value is -0.820. The summed E-state index contributed by atoms with van der Waals surface area (Å²) in [5.41, 5.74) is 0. The zero-order valence-corrected chi connectivity index (χ0v) is 12.4. The van der Waals surface area contributed by atoms with Crippen LogP contribution in [0.1, 0.15) is 12.8 Å². The Bertz CT molecular complexity index is 484. The zero-order chi connectivity index (χ0) is 13.0. The van der Waals surface area contributed by atoms with Gasteiger partial charge in [0.15, 0.2) is 0 Å². The monoisotopic (exact) mass is 306 g/mol. The third-order valence-corrected chi connectivity index (χ3v) is 4.52. The summed E-state index contributed by atoms with van der Waals surface area (Å²) in [6.07, 6.45) is 1.87. The molecule has 1 aromatic carbocycles. The zero-order valence-electron chi connectivity index (χ0n) is 10.8. The Labute approximate surface area is 120 Å². The standard InChI is InChI=1S/C12H18N2O3S.ClH/c1-17-11-4-6-12(7-5-11)18(15,16)14-10-3-2-8-13-9-10;/h4-7,10,13-14H,2-3,8-9H2,1H3;1H. The molecule has 1 atom stereocenters. The molecule has 0 saturated carbocycles. The molecule has 1 fully saturated rings. The second kappa shape index (κ2) is 7.09. The number of methoxy groups -OCH3 is 1. The second-order valence-corrected chi connectivity index (χ2v) is 6.05. The molecule has 1 aromatic rings. The molecule has 108 valence electrons. The van der Waals surface area contributed by atoms with Crippen LogP contribution in [-0.4, -0.2) is 34.7 Å². The van der Waals surface area contributed by atoms with E-state index in [1.54, 1.807) is 31.4 Å². The maximum atomic E-state index is 12.1. The molecule has 0 bridgehead atoms. The minimum absolute atomic E-state index is 0. The van der Waals surface area contributed by atoms with Gasteiger partial charge < -0.3 is 10.1 Å². The molecule has 5 nitrogen and oxygen atoms in total. The molecule has 0 radical (unpaired) electrons. The van der Waals surface area contributed by atoms with Crippen LogP contribution in [0, 0.1) is 0 Å². The molecule has 2 N–H and O–H groups in total. The lowest BCUT2D eigenvalue weighted by Crippen LogP contribution is -2.45. The summed E-state index contributed by atoms with van der Waals surface area (Å²) in [5, 5.41) is 3.18. The van der Waals surface area contributed by atoms with Gasteiger partial charge in [0, 0.05) is 12.6 Å². The Morgan fingerprint density at radius 1 is 1.32 bits per heavy atom. The minimum atomic E-state index is -3.43. The summed E-state index contributed by atoms with van der Waals surface area (Å²) in [6.45, 7) is 1.65. The average Bonchev–Trinajstić information content (AvgIpc) is 2.39. The number of nitrogens with one attached hydrogen (secondary N) is 2. The van der Waals surface area contributed by atoms with Crippen molar-refractivity contribution in [3.05, 3.63) is 24.3 Å². The van der Waals surface area contributed by atoms with E-state index in [-0.39, 0.29) is 23.3 Å². The van der Waals surface area contributed by atoms with Gasteiger partial charge in [0.2, 0.25) is 10.0 Å². The summed E-state index contributed by atoms with van der Waals surface area (Å²) >= 11 is 0. The van der Waals surface area contributed by atoms with Gasteiger partial charge in [-0.3, -0.25) is 0 Å². The number of benzene rings is 1. The molecule has 0 aliphatic carbocycles. The van der Waals surface area contributed by atoms with E-state index in [4.69, 9.17) is 4.74 Å². The van der Waals surface area contributed by atoms with Gasteiger partial charge in [-0.25, -0.2) is 13.1 Å².